The minimum absolute atomic E-state index is 0.224. The van der Waals surface area contributed by atoms with Gasteiger partial charge in [-0.15, -0.1) is 11.3 Å². The van der Waals surface area contributed by atoms with E-state index in [-0.39, 0.29) is 22.5 Å². The van der Waals surface area contributed by atoms with Gasteiger partial charge >= 0.3 is 0 Å². The molecular weight excluding hydrogens is 439 g/mol. The normalized spacial score (nSPS) is 12.3. The molecule has 0 spiro atoms. The van der Waals surface area contributed by atoms with Crippen LogP contribution in [0.15, 0.2) is 70.3 Å². The van der Waals surface area contributed by atoms with Crippen LogP contribution < -0.4 is 9.04 Å². The summed E-state index contributed by atoms with van der Waals surface area (Å²) in [6.45, 7) is 1.52. The lowest BCUT2D eigenvalue weighted by molar-refractivity contribution is -0.134. The van der Waals surface area contributed by atoms with Crippen LogP contribution in [-0.2, 0) is 14.8 Å². The first-order valence-electron chi connectivity index (χ1n) is 9.47. The summed E-state index contributed by atoms with van der Waals surface area (Å²) in [7, 11) is -0.545. The molecule has 1 unspecified atom stereocenters. The first-order valence-corrected chi connectivity index (χ1v) is 11.8. The van der Waals surface area contributed by atoms with Crippen molar-refractivity contribution in [2.45, 2.75) is 17.2 Å². The Kier molecular flexibility index (Phi) is 6.97. The van der Waals surface area contributed by atoms with Crippen molar-refractivity contribution in [1.82, 2.24) is 4.90 Å². The molecule has 6 nitrogen and oxygen atoms in total. The van der Waals surface area contributed by atoms with Crippen LogP contribution in [0, 0.1) is 5.82 Å². The molecule has 1 atom stereocenters. The van der Waals surface area contributed by atoms with E-state index < -0.39 is 16.1 Å². The number of hydrogen-bond acceptors (Lipinski definition) is 5. The van der Waals surface area contributed by atoms with Crippen LogP contribution >= 0.6 is 11.3 Å². The Balaban J connectivity index is 1.61. The minimum Gasteiger partial charge on any atom is -0.484 e. The van der Waals surface area contributed by atoms with Crippen LogP contribution in [0.4, 0.5) is 10.1 Å². The predicted octanol–water partition coefficient (Wildman–Crippen LogP) is 4.31. The highest BCUT2D eigenvalue weighted by Gasteiger charge is 2.23. The van der Waals surface area contributed by atoms with Crippen LogP contribution in [0.25, 0.3) is 0 Å². The number of halogens is 1. The smallest absolute Gasteiger partial charge is 0.273 e. The summed E-state index contributed by atoms with van der Waals surface area (Å²) in [6, 6.07) is 15.5. The molecule has 1 heterocycles. The van der Waals surface area contributed by atoms with Gasteiger partial charge in [0.1, 0.15) is 15.8 Å². The summed E-state index contributed by atoms with van der Waals surface area (Å²) < 4.78 is 46.2. The maximum atomic E-state index is 14.0. The number of amides is 1. The molecular formula is C22H23FN2O4S2. The van der Waals surface area contributed by atoms with Crippen molar-refractivity contribution in [3.8, 4) is 5.75 Å². The molecule has 0 fully saturated rings. The molecule has 0 aliphatic heterocycles. The quantitative estimate of drug-likeness (QED) is 0.500. The fourth-order valence-electron chi connectivity index (χ4n) is 2.92. The minimum atomic E-state index is -3.62. The molecule has 3 aromatic rings. The summed E-state index contributed by atoms with van der Waals surface area (Å²) in [5.41, 5.74) is 0.898. The van der Waals surface area contributed by atoms with Crippen molar-refractivity contribution in [3.05, 3.63) is 77.4 Å². The number of rotatable bonds is 8. The molecule has 0 saturated heterocycles. The van der Waals surface area contributed by atoms with E-state index in [0.29, 0.717) is 17.0 Å². The zero-order valence-electron chi connectivity index (χ0n) is 17.4. The lowest BCUT2D eigenvalue weighted by atomic mass is 10.1. The number of sulfonamides is 1. The Hall–Kier alpha value is -2.91. The van der Waals surface area contributed by atoms with Gasteiger partial charge in [-0.25, -0.2) is 12.8 Å². The third kappa shape index (κ3) is 5.05. The summed E-state index contributed by atoms with van der Waals surface area (Å²) in [5, 5.41) is 1.71. The summed E-state index contributed by atoms with van der Waals surface area (Å²) in [4.78, 5) is 13.9. The zero-order valence-corrected chi connectivity index (χ0v) is 19.0. The van der Waals surface area contributed by atoms with Crippen LogP contribution in [-0.4, -0.2) is 39.9 Å². The van der Waals surface area contributed by atoms with Crippen molar-refractivity contribution in [2.24, 2.45) is 0 Å². The van der Waals surface area contributed by atoms with Crippen molar-refractivity contribution in [2.75, 3.05) is 25.0 Å². The Morgan fingerprint density at radius 3 is 2.35 bits per heavy atom. The van der Waals surface area contributed by atoms with Crippen LogP contribution in [0.2, 0.25) is 0 Å². The summed E-state index contributed by atoms with van der Waals surface area (Å²) in [5.74, 6) is -0.254. The van der Waals surface area contributed by atoms with Gasteiger partial charge in [0.25, 0.3) is 15.9 Å². The van der Waals surface area contributed by atoms with Gasteiger partial charge in [0.2, 0.25) is 0 Å². The maximum absolute atomic E-state index is 14.0. The van der Waals surface area contributed by atoms with E-state index in [9.17, 15) is 17.6 Å². The monoisotopic (exact) mass is 462 g/mol. The Morgan fingerprint density at radius 1 is 1.06 bits per heavy atom. The summed E-state index contributed by atoms with van der Waals surface area (Å²) >= 11 is 1.15. The molecule has 1 aromatic heterocycles. The number of thiophene rings is 1. The molecule has 0 radical (unpaired) electrons. The Bertz CT molecular complexity index is 1130. The lowest BCUT2D eigenvalue weighted by Crippen LogP contribution is -2.34. The van der Waals surface area contributed by atoms with E-state index in [1.54, 1.807) is 73.9 Å². The molecule has 1 amide bonds. The third-order valence-electron chi connectivity index (χ3n) is 5.00. The molecule has 0 aliphatic carbocycles. The average Bonchev–Trinajstić information content (AvgIpc) is 3.32. The molecule has 31 heavy (non-hydrogen) atoms. The summed E-state index contributed by atoms with van der Waals surface area (Å²) in [6.07, 6.45) is 0. The highest BCUT2D eigenvalue weighted by molar-refractivity contribution is 7.94. The number of carbonyl (C=O) groups is 1. The first kappa shape index (κ1) is 22.8. The molecule has 164 valence electrons. The highest BCUT2D eigenvalue weighted by Crippen LogP contribution is 2.27. The molecule has 0 aliphatic rings. The van der Waals surface area contributed by atoms with Crippen LogP contribution in [0.5, 0.6) is 5.75 Å². The van der Waals surface area contributed by atoms with E-state index in [0.717, 1.165) is 11.3 Å². The number of carbonyl (C=O) groups excluding carboxylic acids is 1. The highest BCUT2D eigenvalue weighted by atomic mass is 32.2. The molecule has 0 bridgehead atoms. The molecule has 0 saturated carbocycles. The van der Waals surface area contributed by atoms with Gasteiger partial charge in [0.15, 0.2) is 6.61 Å². The number of nitrogens with zero attached hydrogens (tertiary/aromatic N) is 2. The van der Waals surface area contributed by atoms with Gasteiger partial charge in [0, 0.05) is 19.7 Å². The largest absolute Gasteiger partial charge is 0.484 e. The van der Waals surface area contributed by atoms with Crippen LogP contribution in [0.3, 0.4) is 0 Å². The number of hydrogen-bond donors (Lipinski definition) is 0. The average molecular weight is 463 g/mol. The first-order chi connectivity index (χ1) is 14.7. The Labute approximate surface area is 185 Å². The molecule has 3 rings (SSSR count). The number of anilines is 1. The molecule has 9 heteroatoms. The zero-order chi connectivity index (χ0) is 22.6. The SMILES string of the molecule is CC(c1ccccc1F)N(C)C(=O)COc1ccc(N(C)S(=O)(=O)c2cccs2)cc1. The van der Waals surface area contributed by atoms with Gasteiger partial charge in [-0.05, 0) is 48.7 Å². The lowest BCUT2D eigenvalue weighted by Gasteiger charge is -2.25. The molecule has 0 N–H and O–H groups in total. The van der Waals surface area contributed by atoms with E-state index in [1.165, 1.54) is 22.3 Å². The van der Waals surface area contributed by atoms with Gasteiger partial charge in [-0.1, -0.05) is 24.3 Å². The van der Waals surface area contributed by atoms with E-state index in [4.69, 9.17) is 4.74 Å². The third-order valence-corrected chi connectivity index (χ3v) is 8.16. The van der Waals surface area contributed by atoms with Crippen molar-refractivity contribution < 1.29 is 22.3 Å². The predicted molar refractivity (Wildman–Crippen MR) is 119 cm³/mol. The maximum Gasteiger partial charge on any atom is 0.273 e. The second kappa shape index (κ2) is 9.49. The number of benzene rings is 2. The second-order valence-electron chi connectivity index (χ2n) is 6.89. The van der Waals surface area contributed by atoms with Gasteiger partial charge in [0.05, 0.1) is 11.7 Å². The van der Waals surface area contributed by atoms with Crippen LogP contribution in [0.1, 0.15) is 18.5 Å². The van der Waals surface area contributed by atoms with Gasteiger partial charge in [-0.2, -0.15) is 0 Å². The van der Waals surface area contributed by atoms with Gasteiger partial charge in [-0.3, -0.25) is 9.10 Å². The van der Waals surface area contributed by atoms with E-state index in [2.05, 4.69) is 0 Å². The Morgan fingerprint density at radius 2 is 1.74 bits per heavy atom. The van der Waals surface area contributed by atoms with E-state index in [1.807, 2.05) is 0 Å². The number of ether oxygens (including phenoxy) is 1. The van der Waals surface area contributed by atoms with Crippen molar-refractivity contribution >= 4 is 33.0 Å². The molecule has 2 aromatic carbocycles. The fraction of sp³-hybridized carbons (Fsp3) is 0.227. The van der Waals surface area contributed by atoms with Gasteiger partial charge < -0.3 is 9.64 Å². The van der Waals surface area contributed by atoms with Crippen molar-refractivity contribution in [3.63, 3.8) is 0 Å². The standard InChI is InChI=1S/C22H23FN2O4S2/c1-16(19-7-4-5-8-20(19)23)24(2)21(26)15-29-18-12-10-17(11-13-18)25(3)31(27,28)22-9-6-14-30-22/h4-14,16H,15H2,1-3H3. The number of likely N-dealkylation sites (N-methyl/N-ethyl adjacent to an activating group) is 1. The fourth-order valence-corrected chi connectivity index (χ4v) is 5.28. The van der Waals surface area contributed by atoms with Crippen molar-refractivity contribution in [1.29, 1.82) is 0 Å². The second-order valence-corrected chi connectivity index (χ2v) is 10.0. The van der Waals surface area contributed by atoms with E-state index >= 15 is 0 Å². The topological polar surface area (TPSA) is 66.9 Å².